The summed E-state index contributed by atoms with van der Waals surface area (Å²) in [5, 5.41) is 2.17. The Balaban J connectivity index is 1.05. The molecule has 0 radical (unpaired) electrons. The van der Waals surface area contributed by atoms with E-state index < -0.39 is 12.2 Å². The van der Waals surface area contributed by atoms with E-state index in [-0.39, 0.29) is 13.2 Å². The van der Waals surface area contributed by atoms with Gasteiger partial charge >= 0.3 is 12.2 Å². The highest BCUT2D eigenvalue weighted by atomic mass is 16.6. The number of rotatable bonds is 4. The zero-order valence-corrected chi connectivity index (χ0v) is 19.0. The van der Waals surface area contributed by atoms with E-state index in [2.05, 4.69) is 41.7 Å². The Morgan fingerprint density at radius 3 is 1.49 bits per heavy atom. The van der Waals surface area contributed by atoms with Gasteiger partial charge in [-0.25, -0.2) is 14.9 Å². The topological polar surface area (TPSA) is 64.6 Å². The number of imide groups is 1. The van der Waals surface area contributed by atoms with Gasteiger partial charge in [-0.1, -0.05) is 84.9 Å². The largest absolute Gasteiger partial charge is 0.444 e. The highest BCUT2D eigenvalue weighted by Crippen LogP contribution is 2.39. The Hall–Kier alpha value is -4.38. The SMILES string of the molecule is O=C(NC(=O)OCc1cccc2c1Cc1ccccc1-2)OCc1cccc2c1Cc1ccccc1-2. The molecule has 35 heavy (non-hydrogen) atoms. The van der Waals surface area contributed by atoms with Crippen molar-refractivity contribution in [3.05, 3.63) is 118 Å². The van der Waals surface area contributed by atoms with Crippen LogP contribution in [0.3, 0.4) is 0 Å². The highest BCUT2D eigenvalue weighted by Gasteiger charge is 2.22. The zero-order chi connectivity index (χ0) is 23.8. The quantitative estimate of drug-likeness (QED) is 0.330. The van der Waals surface area contributed by atoms with E-state index >= 15 is 0 Å². The van der Waals surface area contributed by atoms with Crippen LogP contribution in [0.4, 0.5) is 9.59 Å². The summed E-state index contributed by atoms with van der Waals surface area (Å²) in [6.45, 7) is 0.168. The van der Waals surface area contributed by atoms with Crippen molar-refractivity contribution in [2.45, 2.75) is 26.1 Å². The van der Waals surface area contributed by atoms with E-state index in [0.29, 0.717) is 0 Å². The number of fused-ring (bicyclic) bond motifs is 6. The van der Waals surface area contributed by atoms with Gasteiger partial charge in [-0.2, -0.15) is 0 Å². The average molecular weight is 462 g/mol. The van der Waals surface area contributed by atoms with Crippen LogP contribution in [-0.2, 0) is 35.5 Å². The predicted octanol–water partition coefficient (Wildman–Crippen LogP) is 6.39. The van der Waals surface area contributed by atoms with E-state index in [1.165, 1.54) is 33.4 Å². The van der Waals surface area contributed by atoms with Crippen LogP contribution in [0, 0.1) is 0 Å². The lowest BCUT2D eigenvalue weighted by Gasteiger charge is -2.11. The molecule has 0 heterocycles. The molecule has 2 amide bonds. The minimum Gasteiger partial charge on any atom is -0.444 e. The van der Waals surface area contributed by atoms with Crippen molar-refractivity contribution in [3.63, 3.8) is 0 Å². The van der Waals surface area contributed by atoms with E-state index in [1.54, 1.807) is 0 Å². The third kappa shape index (κ3) is 3.95. The first kappa shape index (κ1) is 21.2. The fourth-order valence-electron chi connectivity index (χ4n) is 5.16. The summed E-state index contributed by atoms with van der Waals surface area (Å²) in [5.41, 5.74) is 11.5. The molecule has 5 heteroatoms. The number of amides is 2. The molecule has 4 aromatic carbocycles. The Morgan fingerprint density at radius 1 is 0.571 bits per heavy atom. The van der Waals surface area contributed by atoms with E-state index in [9.17, 15) is 9.59 Å². The molecule has 0 aromatic heterocycles. The first-order chi connectivity index (χ1) is 17.2. The highest BCUT2D eigenvalue weighted by molar-refractivity contribution is 5.87. The van der Waals surface area contributed by atoms with Crippen LogP contribution in [-0.4, -0.2) is 12.2 Å². The van der Waals surface area contributed by atoms with Gasteiger partial charge in [-0.3, -0.25) is 0 Å². The maximum atomic E-state index is 12.3. The number of hydrogen-bond acceptors (Lipinski definition) is 4. The average Bonchev–Trinajstić information content (AvgIpc) is 3.45. The smallest absolute Gasteiger partial charge is 0.416 e. The Morgan fingerprint density at radius 2 is 1.00 bits per heavy atom. The second-order valence-corrected chi connectivity index (χ2v) is 8.83. The van der Waals surface area contributed by atoms with Crippen molar-refractivity contribution in [1.29, 1.82) is 0 Å². The van der Waals surface area contributed by atoms with Gasteiger partial charge in [0.05, 0.1) is 0 Å². The maximum Gasteiger partial charge on any atom is 0.416 e. The summed E-state index contributed by atoms with van der Waals surface area (Å²) in [5.74, 6) is 0. The standard InChI is InChI=1S/C30H23NO4/c32-29(34-17-21-9-5-13-25-23-11-3-1-7-19(23)15-27(21)25)31-30(33)35-18-22-10-6-14-26-24-12-4-2-8-20(24)16-28(22)26/h1-14H,15-18H2,(H,31,32,33). The minimum atomic E-state index is -0.825. The fraction of sp³-hybridized carbons (Fsp3) is 0.133. The van der Waals surface area contributed by atoms with Crippen LogP contribution in [0.1, 0.15) is 33.4 Å². The van der Waals surface area contributed by atoms with Crippen molar-refractivity contribution < 1.29 is 19.1 Å². The van der Waals surface area contributed by atoms with Crippen molar-refractivity contribution in [2.75, 3.05) is 0 Å². The lowest BCUT2D eigenvalue weighted by Crippen LogP contribution is -2.31. The van der Waals surface area contributed by atoms with Gasteiger partial charge in [-0.05, 0) is 68.5 Å². The van der Waals surface area contributed by atoms with Gasteiger partial charge in [0.2, 0.25) is 0 Å². The summed E-state index contributed by atoms with van der Waals surface area (Å²) in [6, 6.07) is 28.5. The monoisotopic (exact) mass is 461 g/mol. The summed E-state index contributed by atoms with van der Waals surface area (Å²) in [4.78, 5) is 24.5. The van der Waals surface area contributed by atoms with Crippen molar-refractivity contribution >= 4 is 12.2 Å². The molecule has 4 aromatic rings. The number of nitrogens with one attached hydrogen (secondary N) is 1. The molecule has 2 aliphatic rings. The van der Waals surface area contributed by atoms with E-state index in [0.717, 1.165) is 35.1 Å². The Labute approximate surface area is 203 Å². The van der Waals surface area contributed by atoms with Crippen LogP contribution >= 0.6 is 0 Å². The molecule has 172 valence electrons. The van der Waals surface area contributed by atoms with Gasteiger partial charge in [0.1, 0.15) is 13.2 Å². The molecule has 0 unspecified atom stereocenters. The third-order valence-electron chi connectivity index (χ3n) is 6.82. The molecule has 0 bridgehead atoms. The normalized spacial score (nSPS) is 12.2. The molecular weight excluding hydrogens is 438 g/mol. The number of benzene rings is 4. The fourth-order valence-corrected chi connectivity index (χ4v) is 5.16. The molecule has 0 spiro atoms. The van der Waals surface area contributed by atoms with Crippen LogP contribution in [0.2, 0.25) is 0 Å². The summed E-state index contributed by atoms with van der Waals surface area (Å²) < 4.78 is 10.7. The third-order valence-corrected chi connectivity index (χ3v) is 6.82. The van der Waals surface area contributed by atoms with Crippen LogP contribution in [0.15, 0.2) is 84.9 Å². The second kappa shape index (κ2) is 8.76. The van der Waals surface area contributed by atoms with Crippen molar-refractivity contribution in [2.24, 2.45) is 0 Å². The van der Waals surface area contributed by atoms with E-state index in [1.807, 2.05) is 48.5 Å². The van der Waals surface area contributed by atoms with Crippen LogP contribution in [0.5, 0.6) is 0 Å². The van der Waals surface area contributed by atoms with Crippen molar-refractivity contribution in [3.8, 4) is 22.3 Å². The number of ether oxygens (including phenoxy) is 2. The van der Waals surface area contributed by atoms with E-state index in [4.69, 9.17) is 9.47 Å². The van der Waals surface area contributed by atoms with Crippen molar-refractivity contribution in [1.82, 2.24) is 5.32 Å². The minimum absolute atomic E-state index is 0.0841. The van der Waals surface area contributed by atoms with Crippen LogP contribution < -0.4 is 5.32 Å². The summed E-state index contributed by atoms with van der Waals surface area (Å²) >= 11 is 0. The number of hydrogen-bond donors (Lipinski definition) is 1. The number of alkyl carbamates (subject to hydrolysis) is 2. The first-order valence-corrected chi connectivity index (χ1v) is 11.7. The maximum absolute atomic E-state index is 12.3. The first-order valence-electron chi connectivity index (χ1n) is 11.7. The zero-order valence-electron chi connectivity index (χ0n) is 19.0. The van der Waals surface area contributed by atoms with Gasteiger partial charge in [0, 0.05) is 0 Å². The second-order valence-electron chi connectivity index (χ2n) is 8.83. The molecule has 6 rings (SSSR count). The molecule has 0 saturated carbocycles. The van der Waals surface area contributed by atoms with Gasteiger partial charge in [0.15, 0.2) is 0 Å². The van der Waals surface area contributed by atoms with Gasteiger partial charge in [0.25, 0.3) is 0 Å². The molecule has 0 aliphatic heterocycles. The molecule has 1 N–H and O–H groups in total. The number of carbonyl (C=O) groups is 2. The lowest BCUT2D eigenvalue weighted by molar-refractivity contribution is 0.117. The molecular formula is C30H23NO4. The van der Waals surface area contributed by atoms with Crippen LogP contribution in [0.25, 0.3) is 22.3 Å². The summed E-state index contributed by atoms with van der Waals surface area (Å²) in [6.07, 6.45) is -0.0393. The predicted molar refractivity (Wildman–Crippen MR) is 133 cm³/mol. The Kier molecular flexibility index (Phi) is 5.30. The molecule has 0 saturated heterocycles. The van der Waals surface area contributed by atoms with Gasteiger partial charge in [-0.15, -0.1) is 0 Å². The summed E-state index contributed by atoms with van der Waals surface area (Å²) in [7, 11) is 0. The molecule has 0 atom stereocenters. The molecule has 2 aliphatic carbocycles. The molecule has 5 nitrogen and oxygen atoms in total. The number of carbonyl (C=O) groups excluding carboxylic acids is 2. The van der Waals surface area contributed by atoms with Gasteiger partial charge < -0.3 is 9.47 Å². The Bertz CT molecular complexity index is 1360. The molecule has 0 fully saturated rings. The lowest BCUT2D eigenvalue weighted by atomic mass is 10.0.